The van der Waals surface area contributed by atoms with Crippen molar-refractivity contribution in [3.63, 3.8) is 0 Å². The van der Waals surface area contributed by atoms with E-state index in [1.54, 1.807) is 79.6 Å². The van der Waals surface area contributed by atoms with Crippen LogP contribution in [0.5, 0.6) is 75.5 Å². The summed E-state index contributed by atoms with van der Waals surface area (Å²) in [5.41, 5.74) is 18.1. The molecule has 622 valence electrons. The van der Waals surface area contributed by atoms with Gasteiger partial charge in [-0.1, -0.05) is 245 Å². The number of hydrogen-bond acceptors (Lipinski definition) is 19. The first kappa shape index (κ1) is 91.0. The van der Waals surface area contributed by atoms with E-state index in [1.165, 1.54) is 22.3 Å². The van der Waals surface area contributed by atoms with E-state index in [1.807, 2.05) is 198 Å². The van der Waals surface area contributed by atoms with Gasteiger partial charge in [0.05, 0.1) is 5.69 Å². The van der Waals surface area contributed by atoms with Crippen LogP contribution in [0.25, 0.3) is 0 Å². The summed E-state index contributed by atoms with van der Waals surface area (Å²) in [5, 5.41) is 34.5. The third-order valence-corrected chi connectivity index (χ3v) is 21.6. The average molecular weight is 1650 g/mol. The van der Waals surface area contributed by atoms with Crippen molar-refractivity contribution in [2.45, 2.75) is 131 Å². The second-order valence-electron chi connectivity index (χ2n) is 31.3. The highest BCUT2D eigenvalue weighted by molar-refractivity contribution is 5.54. The maximum Gasteiger partial charge on any atom is 0.331 e. The van der Waals surface area contributed by atoms with Gasteiger partial charge in [-0.05, 0) is 239 Å². The highest BCUT2D eigenvalue weighted by Gasteiger charge is 2.28. The quantitative estimate of drug-likeness (QED) is 0.0211. The summed E-state index contributed by atoms with van der Waals surface area (Å²) in [5.74, 6) is 6.02. The van der Waals surface area contributed by atoms with Gasteiger partial charge in [-0.2, -0.15) is 4.99 Å². The van der Waals surface area contributed by atoms with Gasteiger partial charge in [0.2, 0.25) is 6.08 Å². The fraction of sp³-hybridized carbons (Fsp3) is 0.189. The van der Waals surface area contributed by atoms with Gasteiger partial charge in [-0.15, -0.1) is 36.0 Å². The van der Waals surface area contributed by atoms with E-state index >= 15 is 0 Å². The molecule has 0 saturated carbocycles. The van der Waals surface area contributed by atoms with E-state index < -0.39 is 0 Å². The largest absolute Gasteiger partial charge is 0.424 e. The predicted molar refractivity (Wildman–Crippen MR) is 481 cm³/mol. The van der Waals surface area contributed by atoms with Crippen LogP contribution in [0.15, 0.2) is 272 Å². The Morgan fingerprint density at radius 3 is 0.808 bits per heavy atom. The molecule has 0 bridgehead atoms. The van der Waals surface area contributed by atoms with Crippen molar-refractivity contribution in [2.24, 2.45) is 4.99 Å². The molecule has 0 aliphatic rings. The lowest BCUT2D eigenvalue weighted by molar-refractivity contribution is 0.362. The molecule has 1 aromatic heterocycles. The number of aliphatic imine (C=N–C) groups is 1. The molecular formula is C106H92N8O11. The fourth-order valence-electron chi connectivity index (χ4n) is 14.1. The van der Waals surface area contributed by atoms with Gasteiger partial charge < -0.3 is 47.4 Å². The van der Waals surface area contributed by atoms with Crippen molar-refractivity contribution in [2.75, 3.05) is 0 Å². The Hall–Kier alpha value is -16.3. The molecule has 1 heterocycles. The van der Waals surface area contributed by atoms with Gasteiger partial charge in [0, 0.05) is 27.6 Å². The molecule has 0 aliphatic carbocycles. The zero-order chi connectivity index (χ0) is 89.9. The van der Waals surface area contributed by atoms with Crippen molar-refractivity contribution in [1.29, 1.82) is 21.0 Å². The molecule has 13 aromatic rings. The lowest BCUT2D eigenvalue weighted by Gasteiger charge is -2.26. The van der Waals surface area contributed by atoms with Gasteiger partial charge in [-0.3, -0.25) is 0 Å². The number of aromatic nitrogens is 3. The second-order valence-corrected chi connectivity index (χ2v) is 31.3. The van der Waals surface area contributed by atoms with Gasteiger partial charge in [0.15, 0.2) is 0 Å². The van der Waals surface area contributed by atoms with Crippen molar-refractivity contribution in [3.8, 4) is 138 Å². The molecular weight excluding hydrogens is 1560 g/mol. The number of aryl methyl sites for hydroxylation is 5. The van der Waals surface area contributed by atoms with E-state index in [0.29, 0.717) is 57.4 Å². The van der Waals surface area contributed by atoms with E-state index in [9.17, 15) is 4.79 Å². The van der Waals surface area contributed by atoms with Crippen LogP contribution in [0.3, 0.4) is 0 Å². The molecule has 19 heteroatoms. The number of carbonyl (C=O) groups excluding carboxylic acids is 1. The fourth-order valence-corrected chi connectivity index (χ4v) is 14.1. The molecule has 0 amide bonds. The summed E-state index contributed by atoms with van der Waals surface area (Å²) >= 11 is 0. The van der Waals surface area contributed by atoms with Crippen LogP contribution in [0.1, 0.15) is 163 Å². The van der Waals surface area contributed by atoms with Crippen molar-refractivity contribution >= 4 is 11.8 Å². The second kappa shape index (κ2) is 42.1. The molecule has 1 atom stereocenters. The number of hydrogen-bond donors (Lipinski definition) is 0. The third-order valence-electron chi connectivity index (χ3n) is 21.6. The summed E-state index contributed by atoms with van der Waals surface area (Å²) < 4.78 is 53.4. The monoisotopic (exact) mass is 1650 g/mol. The standard InChI is InChI=1S/C51H45N5O5.C20H19NO2.C18H15NO2.C17H13NO2/c1-34-8-10-35(11-9-34)49(2,3)38-16-26-43(27-17-38)59-46-54-47(60-44-28-18-39(19-29-44)50(4,5)36-12-22-41(23-13-36)53-33-57)56-48(55-46)61-45-30-20-40(21-31-45)51(6,7)37-14-24-42(25-15-37)58-32-52;1-6-22-19-13(2)7-17(8-14(19)3)11-18-9-15(4)20(23-12-21)16(5)10-18;1-4-20-16-9-5-14(6-10-16)18(2,3)15-7-11-17(12-8-15)21-13-19;1-3-19-16-8-4-14(5-9-16)13(2)15-6-10-17(11-7-15)20-12-18/h8-31H,1-7H3;1,7-10H,11H2,2-5H3;1,5-12H,2-3H3;1,4-11,13H,2H3. The maximum absolute atomic E-state index is 10.7. The Labute approximate surface area is 731 Å². The molecule has 1 unspecified atom stereocenters. The summed E-state index contributed by atoms with van der Waals surface area (Å²) in [4.78, 5) is 28.0. The molecule has 12 aromatic carbocycles. The van der Waals surface area contributed by atoms with Crippen LogP contribution < -0.4 is 47.4 Å². The zero-order valence-corrected chi connectivity index (χ0v) is 72.0. The molecule has 0 radical (unpaired) electrons. The SMILES string of the molecule is C#COc1c(C)cc(Cc2cc(C)c(OC#N)c(C)c2)cc1C.C#COc1ccc(C(C)(C)c2ccc(OC#N)cc2)cc1.C#COc1ccc(C(C)c2ccc(OC#N)cc2)cc1.Cc1ccc(C(C)(C)c2ccc(Oc3nc(Oc4ccc(C(C)(C)c5ccc(N=C=O)cc5)cc4)nc(Oc4ccc(C(C)(C)c5ccc(OC#N)cc5)cc4)n3)cc2)cc1. The Balaban J connectivity index is 0.000000206. The smallest absolute Gasteiger partial charge is 0.331 e. The van der Waals surface area contributed by atoms with E-state index in [-0.39, 0.29) is 45.6 Å². The van der Waals surface area contributed by atoms with Crippen molar-refractivity contribution < 1.29 is 52.2 Å². The van der Waals surface area contributed by atoms with Crippen LogP contribution in [-0.4, -0.2) is 21.0 Å². The zero-order valence-electron chi connectivity index (χ0n) is 72.0. The van der Waals surface area contributed by atoms with Gasteiger partial charge in [0.25, 0.3) is 25.0 Å². The molecule has 13 rings (SSSR count). The normalized spacial score (nSPS) is 10.9. The van der Waals surface area contributed by atoms with Crippen LogP contribution in [0.2, 0.25) is 0 Å². The average Bonchev–Trinajstić information content (AvgIpc) is 0.812. The number of isocyanates is 1. The van der Waals surface area contributed by atoms with E-state index in [2.05, 4.69) is 156 Å². The van der Waals surface area contributed by atoms with E-state index in [4.69, 9.17) is 87.7 Å². The molecule has 0 spiro atoms. The first-order valence-corrected chi connectivity index (χ1v) is 39.7. The van der Waals surface area contributed by atoms with Crippen LogP contribution in [0, 0.1) is 118 Å². The topological polar surface area (TPSA) is 256 Å². The van der Waals surface area contributed by atoms with Crippen molar-refractivity contribution in [1.82, 2.24) is 15.0 Å². The Kier molecular flexibility index (Phi) is 30.6. The molecule has 125 heavy (non-hydrogen) atoms. The Morgan fingerprint density at radius 1 is 0.320 bits per heavy atom. The summed E-state index contributed by atoms with van der Waals surface area (Å²) in [7, 11) is 0. The van der Waals surface area contributed by atoms with E-state index in [0.717, 1.165) is 84.5 Å². The molecule has 0 aliphatic heterocycles. The molecule has 0 N–H and O–H groups in total. The van der Waals surface area contributed by atoms with Gasteiger partial charge >= 0.3 is 18.0 Å². The number of terminal acetylenes is 3. The lowest BCUT2D eigenvalue weighted by atomic mass is 9.78. The minimum absolute atomic E-state index is 0.00719. The van der Waals surface area contributed by atoms with Gasteiger partial charge in [0.1, 0.15) is 75.8 Å². The van der Waals surface area contributed by atoms with Crippen LogP contribution in [0.4, 0.5) is 5.69 Å². The highest BCUT2D eigenvalue weighted by atomic mass is 16.5. The number of ether oxygens (including phenoxy) is 10. The van der Waals surface area contributed by atoms with Crippen LogP contribution >= 0.6 is 0 Å². The predicted octanol–water partition coefficient (Wildman–Crippen LogP) is 24.2. The molecule has 19 nitrogen and oxygen atoms in total. The summed E-state index contributed by atoms with van der Waals surface area (Å²) in [6, 6.07) is 85.3. The summed E-state index contributed by atoms with van der Waals surface area (Å²) in [6.07, 6.45) is 31.1. The maximum atomic E-state index is 10.7. The summed E-state index contributed by atoms with van der Waals surface area (Å²) in [6.45, 7) is 29.2. The lowest BCUT2D eigenvalue weighted by Crippen LogP contribution is -2.18. The number of rotatable bonds is 26. The first-order chi connectivity index (χ1) is 60.0. The minimum Gasteiger partial charge on any atom is -0.424 e. The number of benzene rings is 12. The number of nitrogens with zero attached hydrogens (tertiary/aromatic N) is 8. The van der Waals surface area contributed by atoms with Crippen molar-refractivity contribution in [3.05, 3.63) is 361 Å². The van der Waals surface area contributed by atoms with Gasteiger partial charge in [-0.25, -0.2) is 4.79 Å². The van der Waals surface area contributed by atoms with Crippen LogP contribution in [-0.2, 0) is 32.9 Å². The molecule has 0 saturated heterocycles. The minimum atomic E-state index is -0.357. The Bertz CT molecular complexity index is 6000. The molecule has 0 fully saturated rings. The first-order valence-electron chi connectivity index (χ1n) is 39.7. The highest BCUT2D eigenvalue weighted by Crippen LogP contribution is 2.40. The Morgan fingerprint density at radius 2 is 0.552 bits per heavy atom. The number of nitriles is 4. The third kappa shape index (κ3) is 24.0.